The first-order valence-electron chi connectivity index (χ1n) is 3.39. The van der Waals surface area contributed by atoms with Gasteiger partial charge in [-0.2, -0.15) is 0 Å². The van der Waals surface area contributed by atoms with Crippen LogP contribution in [0, 0.1) is 0 Å². The molecule has 0 aromatic carbocycles. The average molecular weight is 175 g/mol. The number of carboxylic acids is 1. The smallest absolute Gasteiger partial charge is 0.320 e. The van der Waals surface area contributed by atoms with Crippen LogP contribution < -0.4 is 5.73 Å². The normalized spacial score (nSPS) is 13.6. The lowest BCUT2D eigenvalue weighted by Crippen LogP contribution is -2.30. The number of aliphatic carboxylic acids is 1. The number of rotatable bonds is 5. The van der Waals surface area contributed by atoms with E-state index in [1.54, 1.807) is 11.8 Å². The zero-order valence-corrected chi connectivity index (χ0v) is 7.30. The zero-order chi connectivity index (χ0) is 8.69. The van der Waals surface area contributed by atoms with E-state index in [2.05, 4.69) is 0 Å². The fourth-order valence-corrected chi connectivity index (χ4v) is 1.20. The molecule has 11 heavy (non-hydrogen) atoms. The minimum atomic E-state index is -0.925. The fraction of sp³-hybridized carbons (Fsp3) is 0.571. The third-order valence-corrected chi connectivity index (χ3v) is 2.03. The Hall–Kier alpha value is -0.480. The highest BCUT2D eigenvalue weighted by Crippen LogP contribution is 2.05. The number of carbonyl (C=O) groups is 1. The van der Waals surface area contributed by atoms with E-state index < -0.39 is 12.0 Å². The molecular formula is C7H13NO2S. The number of hydrogen-bond donors (Lipinski definition) is 2. The van der Waals surface area contributed by atoms with Gasteiger partial charge in [0.2, 0.25) is 0 Å². The predicted octanol–water partition coefficient (Wildman–Crippen LogP) is 1.06. The first-order valence-corrected chi connectivity index (χ1v) is 4.44. The summed E-state index contributed by atoms with van der Waals surface area (Å²) in [5, 5.41) is 10.3. The van der Waals surface area contributed by atoms with Gasteiger partial charge in [-0.25, -0.2) is 0 Å². The highest BCUT2D eigenvalue weighted by Gasteiger charge is 2.09. The summed E-state index contributed by atoms with van der Waals surface area (Å²) in [6.07, 6.45) is 2.43. The Morgan fingerprint density at radius 2 is 2.45 bits per heavy atom. The lowest BCUT2D eigenvalue weighted by Gasteiger charge is -2.02. The molecule has 0 aliphatic heterocycles. The Morgan fingerprint density at radius 1 is 1.82 bits per heavy atom. The maximum absolute atomic E-state index is 10.2. The topological polar surface area (TPSA) is 63.3 Å². The third-order valence-electron chi connectivity index (χ3n) is 1.10. The first-order chi connectivity index (χ1) is 5.18. The van der Waals surface area contributed by atoms with Gasteiger partial charge in [0.1, 0.15) is 6.04 Å². The van der Waals surface area contributed by atoms with E-state index >= 15 is 0 Å². The summed E-state index contributed by atoms with van der Waals surface area (Å²) in [6, 6.07) is -0.715. The maximum Gasteiger partial charge on any atom is 0.320 e. The van der Waals surface area contributed by atoms with Gasteiger partial charge >= 0.3 is 5.97 Å². The van der Waals surface area contributed by atoms with Crippen molar-refractivity contribution in [3.05, 3.63) is 11.5 Å². The van der Waals surface area contributed by atoms with Crippen LogP contribution in [-0.4, -0.2) is 22.9 Å². The van der Waals surface area contributed by atoms with Gasteiger partial charge in [0.25, 0.3) is 0 Å². The summed E-state index contributed by atoms with van der Waals surface area (Å²) in [5.74, 6) is -0.163. The predicted molar refractivity (Wildman–Crippen MR) is 47.5 cm³/mol. The van der Waals surface area contributed by atoms with Crippen molar-refractivity contribution in [2.24, 2.45) is 5.73 Å². The minimum Gasteiger partial charge on any atom is -0.480 e. The molecule has 3 N–H and O–H groups in total. The monoisotopic (exact) mass is 175 g/mol. The van der Waals surface area contributed by atoms with Crippen LogP contribution in [0.1, 0.15) is 13.3 Å². The molecular weight excluding hydrogens is 162 g/mol. The molecule has 0 aromatic heterocycles. The van der Waals surface area contributed by atoms with Crippen LogP contribution in [0.3, 0.4) is 0 Å². The molecule has 3 nitrogen and oxygen atoms in total. The van der Waals surface area contributed by atoms with Crippen molar-refractivity contribution in [1.82, 2.24) is 0 Å². The number of carboxylic acid groups (broad SMARTS) is 1. The molecule has 0 spiro atoms. The number of allylic oxidation sites excluding steroid dienone is 1. The molecule has 0 aromatic rings. The van der Waals surface area contributed by atoms with E-state index in [0.29, 0.717) is 6.42 Å². The molecule has 1 atom stereocenters. The Kier molecular flexibility index (Phi) is 5.97. The molecule has 0 rings (SSSR count). The molecule has 4 heteroatoms. The van der Waals surface area contributed by atoms with Gasteiger partial charge in [-0.15, -0.1) is 11.8 Å². The van der Waals surface area contributed by atoms with Crippen LogP contribution in [-0.2, 0) is 4.79 Å². The highest BCUT2D eigenvalue weighted by atomic mass is 32.2. The van der Waals surface area contributed by atoms with Gasteiger partial charge in [-0.3, -0.25) is 4.79 Å². The molecule has 0 saturated heterocycles. The first kappa shape index (κ1) is 10.5. The largest absolute Gasteiger partial charge is 0.480 e. The summed E-state index contributed by atoms with van der Waals surface area (Å²) in [5.41, 5.74) is 5.26. The molecule has 0 radical (unpaired) electrons. The second kappa shape index (κ2) is 6.24. The second-order valence-electron chi connectivity index (χ2n) is 2.07. The molecule has 0 unspecified atom stereocenters. The van der Waals surface area contributed by atoms with Crippen LogP contribution in [0.2, 0.25) is 0 Å². The Morgan fingerprint density at radius 3 is 2.91 bits per heavy atom. The van der Waals surface area contributed by atoms with Crippen molar-refractivity contribution in [1.29, 1.82) is 0 Å². The summed E-state index contributed by atoms with van der Waals surface area (Å²) in [6.45, 7) is 1.92. The van der Waals surface area contributed by atoms with Crippen LogP contribution in [0.4, 0.5) is 0 Å². The van der Waals surface area contributed by atoms with E-state index in [1.807, 2.05) is 18.4 Å². The Labute approximate surface area is 70.7 Å². The van der Waals surface area contributed by atoms with Crippen molar-refractivity contribution in [2.45, 2.75) is 19.4 Å². The van der Waals surface area contributed by atoms with Crippen LogP contribution >= 0.6 is 11.8 Å². The van der Waals surface area contributed by atoms with Crippen molar-refractivity contribution >= 4 is 17.7 Å². The summed E-state index contributed by atoms with van der Waals surface area (Å²) in [4.78, 5) is 10.2. The molecule has 0 amide bonds. The van der Waals surface area contributed by atoms with E-state index in [4.69, 9.17) is 10.8 Å². The van der Waals surface area contributed by atoms with Crippen molar-refractivity contribution in [3.63, 3.8) is 0 Å². The molecule has 0 aliphatic carbocycles. The highest BCUT2D eigenvalue weighted by molar-refractivity contribution is 8.02. The number of hydrogen-bond acceptors (Lipinski definition) is 3. The SMILES string of the molecule is CC=CSCC[C@@H](N)C(=O)O. The van der Waals surface area contributed by atoms with Crippen LogP contribution in [0.25, 0.3) is 0 Å². The minimum absolute atomic E-state index is 0.518. The lowest BCUT2D eigenvalue weighted by atomic mass is 10.2. The van der Waals surface area contributed by atoms with Gasteiger partial charge in [-0.1, -0.05) is 6.08 Å². The molecule has 0 bridgehead atoms. The van der Waals surface area contributed by atoms with E-state index in [0.717, 1.165) is 5.75 Å². The van der Waals surface area contributed by atoms with Gasteiger partial charge in [0.05, 0.1) is 0 Å². The third kappa shape index (κ3) is 5.94. The Bertz CT molecular complexity index is 147. The quantitative estimate of drug-likeness (QED) is 0.613. The molecule has 64 valence electrons. The summed E-state index contributed by atoms with van der Waals surface area (Å²) >= 11 is 1.58. The summed E-state index contributed by atoms with van der Waals surface area (Å²) in [7, 11) is 0. The standard InChI is InChI=1S/C7H13NO2S/c1-2-4-11-5-3-6(8)7(9)10/h2,4,6H,3,5,8H2,1H3,(H,9,10)/t6-/m1/s1. The van der Waals surface area contributed by atoms with Gasteiger partial charge in [-0.05, 0) is 24.5 Å². The number of thioether (sulfide) groups is 1. The summed E-state index contributed by atoms with van der Waals surface area (Å²) < 4.78 is 0. The maximum atomic E-state index is 10.2. The molecule has 0 fully saturated rings. The van der Waals surface area contributed by atoms with E-state index in [9.17, 15) is 4.79 Å². The fourth-order valence-electron chi connectivity index (χ4n) is 0.483. The van der Waals surface area contributed by atoms with Gasteiger partial charge in [0.15, 0.2) is 0 Å². The average Bonchev–Trinajstić information content (AvgIpc) is 1.97. The lowest BCUT2D eigenvalue weighted by molar-refractivity contribution is -0.138. The van der Waals surface area contributed by atoms with Crippen molar-refractivity contribution in [2.75, 3.05) is 5.75 Å². The molecule has 0 saturated carbocycles. The van der Waals surface area contributed by atoms with Crippen LogP contribution in [0.5, 0.6) is 0 Å². The van der Waals surface area contributed by atoms with E-state index in [1.165, 1.54) is 0 Å². The zero-order valence-electron chi connectivity index (χ0n) is 6.49. The second-order valence-corrected chi connectivity index (χ2v) is 3.09. The number of nitrogens with two attached hydrogens (primary N) is 1. The van der Waals surface area contributed by atoms with Crippen molar-refractivity contribution < 1.29 is 9.90 Å². The van der Waals surface area contributed by atoms with Gasteiger partial charge < -0.3 is 10.8 Å². The Balaban J connectivity index is 3.31. The van der Waals surface area contributed by atoms with E-state index in [-0.39, 0.29) is 0 Å². The van der Waals surface area contributed by atoms with Crippen LogP contribution in [0.15, 0.2) is 11.5 Å². The molecule has 0 heterocycles. The van der Waals surface area contributed by atoms with Gasteiger partial charge in [0, 0.05) is 0 Å². The van der Waals surface area contributed by atoms with Crippen molar-refractivity contribution in [3.8, 4) is 0 Å². The molecule has 0 aliphatic rings.